The Morgan fingerprint density at radius 2 is 1.77 bits per heavy atom. The van der Waals surface area contributed by atoms with Crippen molar-refractivity contribution < 1.29 is 14.3 Å². The monoisotopic (exact) mass is 353 g/mol. The molecule has 3 aromatic rings. The molecule has 0 aliphatic carbocycles. The van der Waals surface area contributed by atoms with E-state index in [-0.39, 0.29) is 5.56 Å². The number of rotatable bonds is 5. The summed E-state index contributed by atoms with van der Waals surface area (Å²) in [5.41, 5.74) is 1.75. The topological polar surface area (TPSA) is 82.5 Å². The number of aldehydes is 1. The molecule has 0 unspecified atom stereocenters. The van der Waals surface area contributed by atoms with Crippen molar-refractivity contribution in [2.75, 3.05) is 26.6 Å². The van der Waals surface area contributed by atoms with Gasteiger partial charge in [0.2, 0.25) is 0 Å². The number of carbonyl (C=O) groups is 1. The summed E-state index contributed by atoms with van der Waals surface area (Å²) in [6.07, 6.45) is 4.09. The van der Waals surface area contributed by atoms with Crippen LogP contribution in [0.15, 0.2) is 35.4 Å². The van der Waals surface area contributed by atoms with Crippen molar-refractivity contribution in [1.29, 1.82) is 0 Å². The lowest BCUT2D eigenvalue weighted by molar-refractivity contribution is 0.111. The van der Waals surface area contributed by atoms with Crippen LogP contribution in [0.5, 0.6) is 11.5 Å². The van der Waals surface area contributed by atoms with Crippen LogP contribution in [0.1, 0.15) is 10.4 Å². The van der Waals surface area contributed by atoms with Gasteiger partial charge in [0.1, 0.15) is 17.3 Å². The normalized spacial score (nSPS) is 10.6. The lowest BCUT2D eigenvalue weighted by Crippen LogP contribution is -2.17. The third-order valence-electron chi connectivity index (χ3n) is 4.30. The first-order valence-electron chi connectivity index (χ1n) is 7.92. The number of hydrogen-bond acceptors (Lipinski definition) is 6. The number of carbonyl (C=O) groups excluding carboxylic acids is 1. The second-order valence-corrected chi connectivity index (χ2v) is 5.74. The number of nitrogens with one attached hydrogen (secondary N) is 1. The van der Waals surface area contributed by atoms with Crippen molar-refractivity contribution in [2.45, 2.75) is 0 Å². The molecule has 0 aliphatic rings. The first-order valence-corrected chi connectivity index (χ1v) is 7.92. The quantitative estimate of drug-likeness (QED) is 0.710. The van der Waals surface area contributed by atoms with Crippen LogP contribution in [-0.4, -0.2) is 37.1 Å². The van der Waals surface area contributed by atoms with Crippen molar-refractivity contribution >= 4 is 22.9 Å². The Morgan fingerprint density at radius 1 is 1.12 bits per heavy atom. The number of aryl methyl sites for hydroxylation is 1. The highest BCUT2D eigenvalue weighted by molar-refractivity contribution is 5.97. The standard InChI is InChI=1S/C19H19N3O4/c1-20-18-7-12-13(8-21-18)14(9-22(2)19(12)24)11-5-16(25-3)15(10-23)17(6-11)26-4/h5-10H,1-4H3,(H,20,21). The first-order chi connectivity index (χ1) is 12.5. The molecular weight excluding hydrogens is 334 g/mol. The van der Waals surface area contributed by atoms with E-state index in [1.165, 1.54) is 18.8 Å². The summed E-state index contributed by atoms with van der Waals surface area (Å²) in [5, 5.41) is 4.19. The number of anilines is 1. The summed E-state index contributed by atoms with van der Waals surface area (Å²) >= 11 is 0. The van der Waals surface area contributed by atoms with Gasteiger partial charge in [-0.1, -0.05) is 0 Å². The van der Waals surface area contributed by atoms with Crippen LogP contribution in [-0.2, 0) is 7.05 Å². The summed E-state index contributed by atoms with van der Waals surface area (Å²) in [5.74, 6) is 1.41. The van der Waals surface area contributed by atoms with Crippen molar-refractivity contribution in [3.05, 3.63) is 46.5 Å². The molecule has 3 rings (SSSR count). The maximum atomic E-state index is 12.5. The van der Waals surface area contributed by atoms with Crippen molar-refractivity contribution in [2.24, 2.45) is 7.05 Å². The molecular formula is C19H19N3O4. The second kappa shape index (κ2) is 6.87. The van der Waals surface area contributed by atoms with E-state index in [0.29, 0.717) is 39.9 Å². The number of nitrogens with zero attached hydrogens (tertiary/aromatic N) is 2. The molecule has 0 amide bonds. The minimum atomic E-state index is -0.119. The van der Waals surface area contributed by atoms with Crippen LogP contribution in [0.4, 0.5) is 5.82 Å². The Bertz CT molecular complexity index is 1030. The van der Waals surface area contributed by atoms with Gasteiger partial charge in [0.05, 0.1) is 25.2 Å². The summed E-state index contributed by atoms with van der Waals surface area (Å²) < 4.78 is 12.2. The summed E-state index contributed by atoms with van der Waals surface area (Å²) in [6, 6.07) is 5.21. The molecule has 1 N–H and O–H groups in total. The van der Waals surface area contributed by atoms with Gasteiger partial charge in [-0.15, -0.1) is 0 Å². The Kier molecular flexibility index (Phi) is 4.62. The third kappa shape index (κ3) is 2.77. The van der Waals surface area contributed by atoms with Crippen molar-refractivity contribution in [3.63, 3.8) is 0 Å². The third-order valence-corrected chi connectivity index (χ3v) is 4.30. The van der Waals surface area contributed by atoms with Crippen LogP contribution < -0.4 is 20.3 Å². The van der Waals surface area contributed by atoms with E-state index in [2.05, 4.69) is 10.3 Å². The van der Waals surface area contributed by atoms with Crippen LogP contribution in [0.2, 0.25) is 0 Å². The largest absolute Gasteiger partial charge is 0.496 e. The Labute approximate surface area is 150 Å². The van der Waals surface area contributed by atoms with Gasteiger partial charge < -0.3 is 19.4 Å². The number of fused-ring (bicyclic) bond motifs is 1. The summed E-state index contributed by atoms with van der Waals surface area (Å²) in [4.78, 5) is 28.2. The molecule has 0 saturated heterocycles. The molecule has 2 heterocycles. The molecule has 1 aromatic carbocycles. The number of hydrogen-bond donors (Lipinski definition) is 1. The molecule has 0 bridgehead atoms. The van der Waals surface area contributed by atoms with Gasteiger partial charge in [0.25, 0.3) is 5.56 Å². The number of aromatic nitrogens is 2. The SMILES string of the molecule is CNc1cc2c(=O)n(C)cc(-c3cc(OC)c(C=O)c(OC)c3)c2cn1. The lowest BCUT2D eigenvalue weighted by atomic mass is 9.99. The van der Waals surface area contributed by atoms with Gasteiger partial charge in [-0.2, -0.15) is 0 Å². The highest BCUT2D eigenvalue weighted by Crippen LogP contribution is 2.36. The average molecular weight is 353 g/mol. The molecule has 134 valence electrons. The van der Waals surface area contributed by atoms with Crippen LogP contribution in [0.3, 0.4) is 0 Å². The number of methoxy groups -OCH3 is 2. The molecule has 7 heteroatoms. The van der Waals surface area contributed by atoms with Crippen molar-refractivity contribution in [1.82, 2.24) is 9.55 Å². The molecule has 0 aliphatic heterocycles. The zero-order valence-electron chi connectivity index (χ0n) is 15.0. The van der Waals surface area contributed by atoms with E-state index in [1.54, 1.807) is 44.7 Å². The number of ether oxygens (including phenoxy) is 2. The maximum absolute atomic E-state index is 12.5. The lowest BCUT2D eigenvalue weighted by Gasteiger charge is -2.14. The second-order valence-electron chi connectivity index (χ2n) is 5.74. The van der Waals surface area contributed by atoms with Gasteiger partial charge in [0, 0.05) is 37.4 Å². The fourth-order valence-electron chi connectivity index (χ4n) is 2.94. The van der Waals surface area contributed by atoms with E-state index < -0.39 is 0 Å². The predicted molar refractivity (Wildman–Crippen MR) is 100 cm³/mol. The predicted octanol–water partition coefficient (Wildman–Crippen LogP) is 2.47. The molecule has 0 radical (unpaired) electrons. The first kappa shape index (κ1) is 17.5. The molecule has 0 fully saturated rings. The molecule has 2 aromatic heterocycles. The number of pyridine rings is 2. The molecule has 0 saturated carbocycles. The van der Waals surface area contributed by atoms with Crippen LogP contribution >= 0.6 is 0 Å². The van der Waals surface area contributed by atoms with E-state index in [1.807, 2.05) is 0 Å². The summed E-state index contributed by atoms with van der Waals surface area (Å²) in [6.45, 7) is 0. The number of benzene rings is 1. The highest BCUT2D eigenvalue weighted by atomic mass is 16.5. The van der Waals surface area contributed by atoms with Gasteiger partial charge >= 0.3 is 0 Å². The fraction of sp³-hybridized carbons (Fsp3) is 0.211. The van der Waals surface area contributed by atoms with E-state index in [4.69, 9.17) is 9.47 Å². The Hall–Kier alpha value is -3.35. The van der Waals surface area contributed by atoms with E-state index in [9.17, 15) is 9.59 Å². The van der Waals surface area contributed by atoms with Gasteiger partial charge in [-0.05, 0) is 23.8 Å². The maximum Gasteiger partial charge on any atom is 0.258 e. The molecule has 26 heavy (non-hydrogen) atoms. The van der Waals surface area contributed by atoms with Crippen molar-refractivity contribution in [3.8, 4) is 22.6 Å². The van der Waals surface area contributed by atoms with E-state index >= 15 is 0 Å². The summed E-state index contributed by atoms with van der Waals surface area (Å²) in [7, 11) is 6.42. The van der Waals surface area contributed by atoms with Gasteiger partial charge in [-0.25, -0.2) is 4.98 Å². The average Bonchev–Trinajstić information content (AvgIpc) is 2.68. The minimum Gasteiger partial charge on any atom is -0.496 e. The van der Waals surface area contributed by atoms with Crippen LogP contribution in [0.25, 0.3) is 21.9 Å². The van der Waals surface area contributed by atoms with Gasteiger partial charge in [-0.3, -0.25) is 9.59 Å². The Balaban J connectivity index is 2.37. The zero-order valence-corrected chi connectivity index (χ0v) is 15.0. The fourth-order valence-corrected chi connectivity index (χ4v) is 2.94. The zero-order chi connectivity index (χ0) is 18.8. The van der Waals surface area contributed by atoms with Crippen LogP contribution in [0, 0.1) is 0 Å². The molecule has 0 spiro atoms. The van der Waals surface area contributed by atoms with Gasteiger partial charge in [0.15, 0.2) is 6.29 Å². The highest BCUT2D eigenvalue weighted by Gasteiger charge is 2.16. The molecule has 7 nitrogen and oxygen atoms in total. The minimum absolute atomic E-state index is 0.119. The van der Waals surface area contributed by atoms with E-state index in [0.717, 1.165) is 11.1 Å². The molecule has 0 atom stereocenters. The smallest absolute Gasteiger partial charge is 0.258 e. The Morgan fingerprint density at radius 3 is 2.31 bits per heavy atom.